The monoisotopic (exact) mass is 1170 g/mol. The molecule has 0 aromatic heterocycles. The lowest BCUT2D eigenvalue weighted by Crippen LogP contribution is -2.45. The van der Waals surface area contributed by atoms with E-state index < -0.39 is 12.1 Å². The zero-order valence-corrected chi connectivity index (χ0v) is 56.5. The number of unbranched alkanes of at least 4 members (excludes halogenated alkanes) is 59. The number of esters is 1. The van der Waals surface area contributed by atoms with Crippen molar-refractivity contribution in [3.63, 3.8) is 0 Å². The zero-order chi connectivity index (χ0) is 59.9. The SMILES string of the molecule is CCCCCCCC/C=C\CCCCCCCCCC(=O)OCCCCCCCCCCCCCCCCCCCCCCCCCCCCCCCCCCCC(=O)NC(CO)C(O)/C=C/CCCCCCCCCCCCCCCC. The van der Waals surface area contributed by atoms with Gasteiger partial charge in [0.15, 0.2) is 0 Å². The summed E-state index contributed by atoms with van der Waals surface area (Å²) in [5.74, 6) is -0.0410. The number of amides is 1. The van der Waals surface area contributed by atoms with Crippen LogP contribution in [0.2, 0.25) is 0 Å². The maximum Gasteiger partial charge on any atom is 0.305 e. The predicted octanol–water partition coefficient (Wildman–Crippen LogP) is 24.9. The highest BCUT2D eigenvalue weighted by Gasteiger charge is 2.18. The highest BCUT2D eigenvalue weighted by Crippen LogP contribution is 2.20. The number of rotatable bonds is 72. The smallest absolute Gasteiger partial charge is 0.305 e. The van der Waals surface area contributed by atoms with Crippen LogP contribution in [0.15, 0.2) is 24.3 Å². The van der Waals surface area contributed by atoms with Gasteiger partial charge in [-0.2, -0.15) is 0 Å². The summed E-state index contributed by atoms with van der Waals surface area (Å²) in [4.78, 5) is 24.6. The van der Waals surface area contributed by atoms with E-state index in [1.807, 2.05) is 6.08 Å². The molecule has 2 unspecified atom stereocenters. The second kappa shape index (κ2) is 72.8. The Balaban J connectivity index is 3.32. The molecule has 0 saturated heterocycles. The Labute approximate surface area is 520 Å². The largest absolute Gasteiger partial charge is 0.466 e. The molecule has 0 radical (unpaired) electrons. The van der Waals surface area contributed by atoms with Crippen molar-refractivity contribution in [2.45, 2.75) is 443 Å². The van der Waals surface area contributed by atoms with Crippen molar-refractivity contribution in [1.29, 1.82) is 0 Å². The van der Waals surface area contributed by atoms with Gasteiger partial charge in [0.2, 0.25) is 5.91 Å². The zero-order valence-electron chi connectivity index (χ0n) is 56.5. The van der Waals surface area contributed by atoms with Crippen LogP contribution < -0.4 is 5.32 Å². The Bertz CT molecular complexity index is 1300. The van der Waals surface area contributed by atoms with Crippen molar-refractivity contribution in [1.82, 2.24) is 5.32 Å². The van der Waals surface area contributed by atoms with E-state index in [2.05, 4.69) is 31.3 Å². The fraction of sp³-hybridized carbons (Fsp3) is 0.922. The lowest BCUT2D eigenvalue weighted by atomic mass is 10.0. The van der Waals surface area contributed by atoms with Gasteiger partial charge in [-0.15, -0.1) is 0 Å². The molecule has 0 aliphatic heterocycles. The molecule has 0 heterocycles. The van der Waals surface area contributed by atoms with Crippen LogP contribution in [0, 0.1) is 0 Å². The molecule has 0 aliphatic carbocycles. The summed E-state index contributed by atoms with van der Waals surface area (Å²) in [6.07, 6.45) is 92.9. The van der Waals surface area contributed by atoms with Crippen LogP contribution in [0.4, 0.5) is 0 Å². The lowest BCUT2D eigenvalue weighted by molar-refractivity contribution is -0.143. The molecule has 0 aliphatic rings. The van der Waals surface area contributed by atoms with Crippen molar-refractivity contribution < 1.29 is 24.5 Å². The summed E-state index contributed by atoms with van der Waals surface area (Å²) in [5.41, 5.74) is 0. The van der Waals surface area contributed by atoms with Crippen LogP contribution >= 0.6 is 0 Å². The van der Waals surface area contributed by atoms with E-state index in [1.165, 1.54) is 366 Å². The summed E-state index contributed by atoms with van der Waals surface area (Å²) in [6, 6.07) is -0.624. The molecule has 0 saturated carbocycles. The third-order valence-electron chi connectivity index (χ3n) is 18.0. The molecular formula is C77H149NO5. The molecule has 0 fully saturated rings. The second-order valence-corrected chi connectivity index (χ2v) is 26.3. The molecule has 0 spiro atoms. The third-order valence-corrected chi connectivity index (χ3v) is 18.0. The van der Waals surface area contributed by atoms with E-state index >= 15 is 0 Å². The average molecular weight is 1170 g/mol. The first kappa shape index (κ1) is 81.3. The molecule has 0 aromatic rings. The first-order chi connectivity index (χ1) is 41.0. The van der Waals surface area contributed by atoms with E-state index in [-0.39, 0.29) is 18.5 Å². The number of allylic oxidation sites excluding steroid dienone is 3. The average Bonchev–Trinajstić information content (AvgIpc) is 3.49. The number of carbonyl (C=O) groups excluding carboxylic acids is 2. The first-order valence-electron chi connectivity index (χ1n) is 38.1. The van der Waals surface area contributed by atoms with E-state index in [9.17, 15) is 19.8 Å². The predicted molar refractivity (Wildman–Crippen MR) is 366 cm³/mol. The Morgan fingerprint density at radius 1 is 0.325 bits per heavy atom. The van der Waals surface area contributed by atoms with Crippen molar-refractivity contribution in [2.75, 3.05) is 13.2 Å². The van der Waals surface area contributed by atoms with Gasteiger partial charge < -0.3 is 20.3 Å². The van der Waals surface area contributed by atoms with E-state index in [0.29, 0.717) is 19.4 Å². The van der Waals surface area contributed by atoms with Crippen LogP contribution in [0.25, 0.3) is 0 Å². The second-order valence-electron chi connectivity index (χ2n) is 26.3. The van der Waals surface area contributed by atoms with E-state index in [1.54, 1.807) is 6.08 Å². The summed E-state index contributed by atoms with van der Waals surface area (Å²) < 4.78 is 5.51. The van der Waals surface area contributed by atoms with Gasteiger partial charge in [-0.05, 0) is 57.8 Å². The Kier molecular flexibility index (Phi) is 71.4. The summed E-state index contributed by atoms with van der Waals surface area (Å²) >= 11 is 0. The van der Waals surface area contributed by atoms with Gasteiger partial charge in [-0.3, -0.25) is 9.59 Å². The molecule has 492 valence electrons. The minimum atomic E-state index is -0.841. The number of hydrogen-bond acceptors (Lipinski definition) is 5. The maximum atomic E-state index is 12.5. The van der Waals surface area contributed by atoms with Gasteiger partial charge in [-0.1, -0.05) is 385 Å². The summed E-state index contributed by atoms with van der Waals surface area (Å²) in [6.45, 7) is 4.94. The van der Waals surface area contributed by atoms with Crippen LogP contribution in [-0.2, 0) is 14.3 Å². The minimum Gasteiger partial charge on any atom is -0.466 e. The maximum absolute atomic E-state index is 12.5. The fourth-order valence-corrected chi connectivity index (χ4v) is 12.2. The van der Waals surface area contributed by atoms with Crippen LogP contribution in [-0.4, -0.2) is 47.4 Å². The van der Waals surface area contributed by atoms with Crippen molar-refractivity contribution in [2.24, 2.45) is 0 Å². The molecule has 6 heteroatoms. The summed E-state index contributed by atoms with van der Waals surface area (Å²) in [5, 5.41) is 23.2. The van der Waals surface area contributed by atoms with Gasteiger partial charge >= 0.3 is 5.97 Å². The number of carbonyl (C=O) groups is 2. The molecule has 1 amide bonds. The van der Waals surface area contributed by atoms with Gasteiger partial charge in [0.1, 0.15) is 0 Å². The minimum absolute atomic E-state index is 0.0189. The lowest BCUT2D eigenvalue weighted by Gasteiger charge is -2.20. The Morgan fingerprint density at radius 2 is 0.566 bits per heavy atom. The van der Waals surface area contributed by atoms with Crippen molar-refractivity contribution >= 4 is 11.9 Å². The fourth-order valence-electron chi connectivity index (χ4n) is 12.2. The highest BCUT2D eigenvalue weighted by atomic mass is 16.5. The van der Waals surface area contributed by atoms with E-state index in [0.717, 1.165) is 38.5 Å². The van der Waals surface area contributed by atoms with Crippen molar-refractivity contribution in [3.8, 4) is 0 Å². The topological polar surface area (TPSA) is 95.9 Å². The van der Waals surface area contributed by atoms with Gasteiger partial charge in [0.25, 0.3) is 0 Å². The molecule has 3 N–H and O–H groups in total. The number of aliphatic hydroxyl groups is 2. The van der Waals surface area contributed by atoms with Gasteiger partial charge in [0.05, 0.1) is 25.4 Å². The molecule has 0 rings (SSSR count). The highest BCUT2D eigenvalue weighted by molar-refractivity contribution is 5.76. The van der Waals surface area contributed by atoms with Gasteiger partial charge in [-0.25, -0.2) is 0 Å². The first-order valence-corrected chi connectivity index (χ1v) is 38.1. The summed E-state index contributed by atoms with van der Waals surface area (Å²) in [7, 11) is 0. The Morgan fingerprint density at radius 3 is 0.855 bits per heavy atom. The molecule has 2 atom stereocenters. The molecule has 83 heavy (non-hydrogen) atoms. The molecule has 0 aromatic carbocycles. The van der Waals surface area contributed by atoms with Gasteiger partial charge in [0, 0.05) is 12.8 Å². The number of aliphatic hydroxyl groups excluding tert-OH is 2. The number of nitrogens with one attached hydrogen (secondary N) is 1. The Hall–Kier alpha value is -1.66. The van der Waals surface area contributed by atoms with Crippen LogP contribution in [0.1, 0.15) is 431 Å². The molecule has 6 nitrogen and oxygen atoms in total. The van der Waals surface area contributed by atoms with Crippen LogP contribution in [0.5, 0.6) is 0 Å². The normalized spacial score (nSPS) is 12.6. The van der Waals surface area contributed by atoms with E-state index in [4.69, 9.17) is 4.74 Å². The molecule has 0 bridgehead atoms. The standard InChI is InChI=1S/C77H149NO5/c1-3-5-7-9-11-13-15-17-19-38-43-47-51-55-59-63-67-71-77(82)83-72-68-64-60-56-52-48-44-40-37-35-33-31-29-27-25-23-21-22-24-26-28-30-32-34-36-39-42-46-50-54-58-62-66-70-76(81)78-74(73-79)75(80)69-65-61-57-53-49-45-41-20-18-16-14-12-10-8-6-4-2/h17,19,65,69,74-75,79-80H,3-16,18,20-64,66-68,70-73H2,1-2H3,(H,78,81)/b19-17-,69-65+. The molecular weight excluding hydrogens is 1020 g/mol. The number of ether oxygens (including phenoxy) is 1. The number of hydrogen-bond donors (Lipinski definition) is 3. The van der Waals surface area contributed by atoms with Crippen molar-refractivity contribution in [3.05, 3.63) is 24.3 Å². The quantitative estimate of drug-likeness (QED) is 0.0320. The third kappa shape index (κ3) is 69.3. The van der Waals surface area contributed by atoms with Crippen LogP contribution in [0.3, 0.4) is 0 Å².